The van der Waals surface area contributed by atoms with Crippen molar-refractivity contribution < 1.29 is 33.8 Å². The number of rotatable bonds is 8. The Morgan fingerprint density at radius 2 is 1.82 bits per heavy atom. The van der Waals surface area contributed by atoms with Crippen LogP contribution in [0.25, 0.3) is 0 Å². The number of carbonyl (C=O) groups is 4. The minimum absolute atomic E-state index is 0.0632. The first-order valence-corrected chi connectivity index (χ1v) is 16.4. The van der Waals surface area contributed by atoms with E-state index in [2.05, 4.69) is 12.2 Å². The fourth-order valence-electron chi connectivity index (χ4n) is 7.51. The van der Waals surface area contributed by atoms with E-state index in [-0.39, 0.29) is 55.9 Å². The lowest BCUT2D eigenvalue weighted by Crippen LogP contribution is -2.60. The Balaban J connectivity index is 1.61. The number of aliphatic hydroxyl groups is 1. The number of fused-ring (bicyclic) bond motifs is 2. The van der Waals surface area contributed by atoms with Crippen LogP contribution in [0.2, 0.25) is 0 Å². The number of likely N-dealkylation sites (tertiary alicyclic amines) is 1. The molecule has 2 saturated heterocycles. The lowest BCUT2D eigenvalue weighted by molar-refractivity contribution is -0.153. The molecule has 4 heterocycles. The summed E-state index contributed by atoms with van der Waals surface area (Å²) in [4.78, 5) is 59.6. The average Bonchev–Trinajstić information content (AvgIpc) is 3.68. The van der Waals surface area contributed by atoms with Crippen LogP contribution in [-0.2, 0) is 28.7 Å². The molecule has 0 saturated carbocycles. The van der Waals surface area contributed by atoms with E-state index >= 15 is 0 Å². The van der Waals surface area contributed by atoms with Gasteiger partial charge in [0, 0.05) is 19.0 Å². The molecule has 10 heteroatoms. The van der Waals surface area contributed by atoms with Gasteiger partial charge in [0.2, 0.25) is 17.7 Å². The number of ether oxygens (including phenoxy) is 2. The predicted octanol–water partition coefficient (Wildman–Crippen LogP) is 3.31. The SMILES string of the molecule is CCCC(C)N1C/C=C\CCC(=O)OC[C@H](c2ccccc2)NC(=O)[C@@H]2[C@H]3C(=O)N([C@@H](CO)[C@@H](C)CC)[C@H](C1=O)[C@]31C=C[C@H]2O1. The molecular weight excluding hydrogens is 574 g/mol. The number of hydrogen-bond acceptors (Lipinski definition) is 7. The van der Waals surface area contributed by atoms with E-state index < -0.39 is 47.6 Å². The Labute approximate surface area is 265 Å². The summed E-state index contributed by atoms with van der Waals surface area (Å²) >= 11 is 0. The van der Waals surface area contributed by atoms with Gasteiger partial charge in [-0.15, -0.1) is 0 Å². The quantitative estimate of drug-likeness (QED) is 0.337. The lowest BCUT2D eigenvalue weighted by atomic mass is 9.74. The number of amides is 3. The summed E-state index contributed by atoms with van der Waals surface area (Å²) in [7, 11) is 0. The Bertz CT molecular complexity index is 1320. The van der Waals surface area contributed by atoms with Crippen LogP contribution in [0.5, 0.6) is 0 Å². The standard InChI is InChI=1S/C35H47N3O7/c1-5-13-23(4)37-19-12-8-11-16-28(40)44-21-25(24-14-9-7-10-15-24)36-32(41)29-27-17-18-35(45-27)30(29)33(42)38(31(35)34(37)43)26(20-39)22(3)6-2/h7-10,12,14-15,17-18,22-23,25-27,29-31,39H,5-6,11,13,16,19-21H2,1-4H3,(H,36,41)/b12-8-/t22-,23?,25+,26-,27+,29-,30-,31+,35-/m0/s1. The van der Waals surface area contributed by atoms with Gasteiger partial charge in [-0.1, -0.05) is 88.2 Å². The number of aliphatic hydroxyl groups excluding tert-OH is 1. The molecule has 5 bridgehead atoms. The van der Waals surface area contributed by atoms with Crippen molar-refractivity contribution in [3.63, 3.8) is 0 Å². The zero-order valence-electron chi connectivity index (χ0n) is 26.8. The highest BCUT2D eigenvalue weighted by Crippen LogP contribution is 2.56. The fourth-order valence-corrected chi connectivity index (χ4v) is 7.51. The van der Waals surface area contributed by atoms with E-state index in [1.54, 1.807) is 22.0 Å². The van der Waals surface area contributed by atoms with Crippen molar-refractivity contribution in [3.8, 4) is 0 Å². The maximum atomic E-state index is 14.8. The zero-order valence-corrected chi connectivity index (χ0v) is 26.8. The van der Waals surface area contributed by atoms with Gasteiger partial charge >= 0.3 is 5.97 Å². The molecule has 9 atom stereocenters. The Morgan fingerprint density at radius 3 is 2.51 bits per heavy atom. The first kappa shape index (κ1) is 32.9. The average molecular weight is 622 g/mol. The van der Waals surface area contributed by atoms with Gasteiger partial charge in [0.05, 0.1) is 36.6 Å². The number of hydrogen-bond donors (Lipinski definition) is 2. The van der Waals surface area contributed by atoms with Crippen LogP contribution in [0.15, 0.2) is 54.6 Å². The number of benzene rings is 1. The summed E-state index contributed by atoms with van der Waals surface area (Å²) < 4.78 is 12.2. The molecular formula is C35H47N3O7. The minimum atomic E-state index is -1.35. The number of cyclic esters (lactones) is 1. The summed E-state index contributed by atoms with van der Waals surface area (Å²) in [6.07, 6.45) is 9.54. The van der Waals surface area contributed by atoms with Crippen molar-refractivity contribution in [1.29, 1.82) is 0 Å². The summed E-state index contributed by atoms with van der Waals surface area (Å²) in [6, 6.07) is 6.80. The number of nitrogens with zero attached hydrogens (tertiary/aromatic N) is 2. The van der Waals surface area contributed by atoms with Crippen LogP contribution >= 0.6 is 0 Å². The second-order valence-corrected chi connectivity index (χ2v) is 12.9. The van der Waals surface area contributed by atoms with Gasteiger partial charge in [0.25, 0.3) is 0 Å². The highest BCUT2D eigenvalue weighted by atomic mass is 16.5. The lowest BCUT2D eigenvalue weighted by Gasteiger charge is -2.41. The van der Waals surface area contributed by atoms with Crippen LogP contribution in [0.1, 0.15) is 71.4 Å². The van der Waals surface area contributed by atoms with E-state index in [0.717, 1.165) is 18.4 Å². The predicted molar refractivity (Wildman–Crippen MR) is 167 cm³/mol. The molecule has 1 spiro atoms. The van der Waals surface area contributed by atoms with Crippen molar-refractivity contribution in [1.82, 2.24) is 15.1 Å². The van der Waals surface area contributed by atoms with Crippen LogP contribution in [0.4, 0.5) is 0 Å². The molecule has 1 aromatic rings. The van der Waals surface area contributed by atoms with Gasteiger partial charge in [0.15, 0.2) is 0 Å². The monoisotopic (exact) mass is 621 g/mol. The van der Waals surface area contributed by atoms with Crippen molar-refractivity contribution in [2.75, 3.05) is 19.8 Å². The largest absolute Gasteiger partial charge is 0.463 e. The molecule has 4 aliphatic heterocycles. The summed E-state index contributed by atoms with van der Waals surface area (Å²) in [5, 5.41) is 13.7. The van der Waals surface area contributed by atoms with Crippen molar-refractivity contribution in [3.05, 3.63) is 60.2 Å². The normalized spacial score (nSPS) is 33.0. The second kappa shape index (κ2) is 13.9. The Hall–Kier alpha value is -3.50. The fraction of sp³-hybridized carbons (Fsp3) is 0.600. The first-order valence-electron chi connectivity index (χ1n) is 16.4. The molecule has 4 aliphatic rings. The Morgan fingerprint density at radius 1 is 1.07 bits per heavy atom. The molecule has 0 aromatic heterocycles. The summed E-state index contributed by atoms with van der Waals surface area (Å²) in [5.41, 5.74) is -0.589. The number of nitrogens with one attached hydrogen (secondary N) is 1. The van der Waals surface area contributed by atoms with Gasteiger partial charge < -0.3 is 29.7 Å². The third kappa shape index (κ3) is 6.06. The van der Waals surface area contributed by atoms with Crippen LogP contribution in [0.3, 0.4) is 0 Å². The first-order chi connectivity index (χ1) is 21.7. The van der Waals surface area contributed by atoms with Gasteiger partial charge in [0.1, 0.15) is 18.2 Å². The van der Waals surface area contributed by atoms with E-state index in [0.29, 0.717) is 12.8 Å². The van der Waals surface area contributed by atoms with Gasteiger partial charge in [-0.25, -0.2) is 0 Å². The third-order valence-electron chi connectivity index (χ3n) is 10.1. The number of carbonyl (C=O) groups excluding carboxylic acids is 4. The van der Waals surface area contributed by atoms with Crippen LogP contribution in [-0.4, -0.2) is 88.2 Å². The molecule has 2 N–H and O–H groups in total. The number of allylic oxidation sites excluding steroid dienone is 1. The highest BCUT2D eigenvalue weighted by Gasteiger charge is 2.74. The molecule has 0 radical (unpaired) electrons. The topological polar surface area (TPSA) is 125 Å². The molecule has 1 unspecified atom stereocenters. The molecule has 45 heavy (non-hydrogen) atoms. The molecule has 3 amide bonds. The van der Waals surface area contributed by atoms with Crippen molar-refractivity contribution in [2.45, 2.75) is 95.7 Å². The number of esters is 1. The smallest absolute Gasteiger partial charge is 0.306 e. The van der Waals surface area contributed by atoms with E-state index in [1.807, 2.05) is 63.3 Å². The zero-order chi connectivity index (χ0) is 32.3. The van der Waals surface area contributed by atoms with E-state index in [1.165, 1.54) is 0 Å². The van der Waals surface area contributed by atoms with Gasteiger partial charge in [-0.05, 0) is 31.2 Å². The van der Waals surface area contributed by atoms with Crippen LogP contribution < -0.4 is 5.32 Å². The molecule has 0 aliphatic carbocycles. The molecule has 2 fully saturated rings. The van der Waals surface area contributed by atoms with Gasteiger partial charge in [-0.3, -0.25) is 19.2 Å². The Kier molecular flexibility index (Phi) is 10.1. The molecule has 10 nitrogen and oxygen atoms in total. The maximum Gasteiger partial charge on any atom is 0.306 e. The van der Waals surface area contributed by atoms with E-state index in [4.69, 9.17) is 9.47 Å². The summed E-state index contributed by atoms with van der Waals surface area (Å²) in [5.74, 6) is -3.38. The van der Waals surface area contributed by atoms with E-state index in [9.17, 15) is 24.3 Å². The van der Waals surface area contributed by atoms with Crippen LogP contribution in [0, 0.1) is 17.8 Å². The molecule has 1 aromatic carbocycles. The third-order valence-corrected chi connectivity index (χ3v) is 10.1. The molecule has 244 valence electrons. The highest BCUT2D eigenvalue weighted by molar-refractivity contribution is 6.00. The van der Waals surface area contributed by atoms with Crippen molar-refractivity contribution in [2.24, 2.45) is 17.8 Å². The molecule has 5 rings (SSSR count). The maximum absolute atomic E-state index is 14.8. The summed E-state index contributed by atoms with van der Waals surface area (Å²) in [6.45, 7) is 7.91. The second-order valence-electron chi connectivity index (χ2n) is 12.9. The van der Waals surface area contributed by atoms with Gasteiger partial charge in [-0.2, -0.15) is 0 Å². The minimum Gasteiger partial charge on any atom is -0.463 e. The van der Waals surface area contributed by atoms with Crippen molar-refractivity contribution >= 4 is 23.7 Å².